The molecule has 1 saturated heterocycles. The molecular formula is C16H13N3O3. The number of carbonyl (C=O) groups excluding carboxylic acids is 2. The van der Waals surface area contributed by atoms with Gasteiger partial charge in [-0.05, 0) is 5.56 Å². The van der Waals surface area contributed by atoms with Crippen molar-refractivity contribution < 1.29 is 14.3 Å². The zero-order chi connectivity index (χ0) is 16.1. The number of allylic oxidation sites excluding steroid dienone is 1. The monoisotopic (exact) mass is 295 g/mol. The highest BCUT2D eigenvalue weighted by molar-refractivity contribution is 5.95. The molecule has 1 fully saturated rings. The van der Waals surface area contributed by atoms with Crippen LogP contribution in [0.3, 0.4) is 0 Å². The van der Waals surface area contributed by atoms with Crippen LogP contribution in [0.1, 0.15) is 17.9 Å². The topological polar surface area (TPSA) is 103 Å². The number of benzene rings is 1. The molecule has 6 nitrogen and oxygen atoms in total. The van der Waals surface area contributed by atoms with Crippen molar-refractivity contribution >= 4 is 11.9 Å². The zero-order valence-corrected chi connectivity index (χ0v) is 11.9. The van der Waals surface area contributed by atoms with Gasteiger partial charge in [0, 0.05) is 12.3 Å². The fraction of sp³-hybridized carbons (Fsp3) is 0.250. The van der Waals surface area contributed by atoms with Crippen molar-refractivity contribution in [1.29, 1.82) is 10.5 Å². The zero-order valence-electron chi connectivity index (χ0n) is 11.9. The highest BCUT2D eigenvalue weighted by Gasteiger charge is 2.37. The van der Waals surface area contributed by atoms with E-state index in [1.54, 1.807) is 6.07 Å². The van der Waals surface area contributed by atoms with Gasteiger partial charge in [-0.25, -0.2) is 4.79 Å². The van der Waals surface area contributed by atoms with Gasteiger partial charge in [0.15, 0.2) is 5.57 Å². The molecule has 1 heterocycles. The van der Waals surface area contributed by atoms with E-state index >= 15 is 0 Å². The summed E-state index contributed by atoms with van der Waals surface area (Å²) >= 11 is 0. The molecule has 6 heteroatoms. The van der Waals surface area contributed by atoms with Gasteiger partial charge in [0.1, 0.15) is 6.07 Å². The number of carbonyl (C=O) groups is 2. The fourth-order valence-corrected chi connectivity index (χ4v) is 2.50. The first-order chi connectivity index (χ1) is 10.6. The van der Waals surface area contributed by atoms with Gasteiger partial charge in [0.2, 0.25) is 5.91 Å². The van der Waals surface area contributed by atoms with Gasteiger partial charge in [-0.15, -0.1) is 0 Å². The van der Waals surface area contributed by atoms with Gasteiger partial charge in [-0.3, -0.25) is 4.79 Å². The van der Waals surface area contributed by atoms with E-state index in [1.165, 1.54) is 0 Å². The third-order valence-corrected chi connectivity index (χ3v) is 3.53. The Kier molecular flexibility index (Phi) is 4.55. The molecule has 110 valence electrons. The van der Waals surface area contributed by atoms with E-state index in [9.17, 15) is 14.9 Å². The maximum atomic E-state index is 11.9. The standard InChI is InChI=1S/C16H13N3O3/c1-22-16(21)13(9-18)15-12(8-17)11(7-14(20)19-15)10-5-3-2-4-6-10/h2-6,11-12H,7H2,1H3,(H,19,20)/b15-13-/t11-,12+/m0/s1. The molecule has 0 spiro atoms. The normalized spacial score (nSPS) is 22.8. The van der Waals surface area contributed by atoms with Crippen LogP contribution in [-0.4, -0.2) is 19.0 Å². The third-order valence-electron chi connectivity index (χ3n) is 3.53. The predicted molar refractivity (Wildman–Crippen MR) is 75.7 cm³/mol. The summed E-state index contributed by atoms with van der Waals surface area (Å²) in [5.74, 6) is -2.42. The lowest BCUT2D eigenvalue weighted by atomic mass is 9.78. The smallest absolute Gasteiger partial charge is 0.350 e. The molecule has 1 aliphatic heterocycles. The number of esters is 1. The van der Waals surface area contributed by atoms with Gasteiger partial charge in [-0.1, -0.05) is 30.3 Å². The predicted octanol–water partition coefficient (Wildman–Crippen LogP) is 1.38. The van der Waals surface area contributed by atoms with E-state index < -0.39 is 17.8 Å². The summed E-state index contributed by atoms with van der Waals surface area (Å²) in [5.41, 5.74) is 0.480. The molecule has 0 unspecified atom stereocenters. The quantitative estimate of drug-likeness (QED) is 0.504. The number of nitrogens with zero attached hydrogens (tertiary/aromatic N) is 2. The van der Waals surface area contributed by atoms with Crippen LogP contribution in [0.15, 0.2) is 41.6 Å². The molecule has 1 aromatic carbocycles. The molecule has 0 aliphatic carbocycles. The first-order valence-electron chi connectivity index (χ1n) is 6.59. The van der Waals surface area contributed by atoms with Gasteiger partial charge in [-0.2, -0.15) is 10.5 Å². The molecule has 1 aromatic rings. The van der Waals surface area contributed by atoms with Crippen molar-refractivity contribution in [3.05, 3.63) is 47.2 Å². The Morgan fingerprint density at radius 1 is 1.32 bits per heavy atom. The van der Waals surface area contributed by atoms with E-state index in [0.717, 1.165) is 12.7 Å². The fourth-order valence-electron chi connectivity index (χ4n) is 2.50. The second-order valence-corrected chi connectivity index (χ2v) is 4.77. The Balaban J connectivity index is 2.54. The maximum absolute atomic E-state index is 11.9. The lowest BCUT2D eigenvalue weighted by Crippen LogP contribution is -2.39. The van der Waals surface area contributed by atoms with E-state index in [0.29, 0.717) is 0 Å². The number of hydrogen-bond acceptors (Lipinski definition) is 5. The lowest BCUT2D eigenvalue weighted by molar-refractivity contribution is -0.135. The molecule has 1 aliphatic rings. The molecule has 0 radical (unpaired) electrons. The number of nitriles is 2. The minimum atomic E-state index is -0.869. The third kappa shape index (κ3) is 2.82. The molecule has 0 aromatic heterocycles. The lowest BCUT2D eigenvalue weighted by Gasteiger charge is -2.30. The van der Waals surface area contributed by atoms with Crippen molar-refractivity contribution in [2.75, 3.05) is 7.11 Å². The average molecular weight is 295 g/mol. The molecule has 22 heavy (non-hydrogen) atoms. The van der Waals surface area contributed by atoms with Crippen molar-refractivity contribution in [3.63, 3.8) is 0 Å². The SMILES string of the molecule is COC(=O)/C(C#N)=C1\NC(=O)C[C@@H](c2ccccc2)[C@H]1C#N. The van der Waals surface area contributed by atoms with Gasteiger partial charge in [0.05, 0.1) is 24.8 Å². The van der Waals surface area contributed by atoms with Crippen LogP contribution in [0.4, 0.5) is 0 Å². The number of nitrogens with one attached hydrogen (secondary N) is 1. The minimum absolute atomic E-state index is 0.0157. The summed E-state index contributed by atoms with van der Waals surface area (Å²) in [6.45, 7) is 0. The van der Waals surface area contributed by atoms with Crippen LogP contribution in [0, 0.1) is 28.6 Å². The minimum Gasteiger partial charge on any atom is -0.465 e. The van der Waals surface area contributed by atoms with Gasteiger partial charge < -0.3 is 10.1 Å². The van der Waals surface area contributed by atoms with Gasteiger partial charge >= 0.3 is 5.97 Å². The summed E-state index contributed by atoms with van der Waals surface area (Å²) in [7, 11) is 1.14. The highest BCUT2D eigenvalue weighted by Crippen LogP contribution is 2.36. The Hall–Kier alpha value is -3.12. The molecule has 1 N–H and O–H groups in total. The molecular weight excluding hydrogens is 282 g/mol. The van der Waals surface area contributed by atoms with E-state index in [2.05, 4.69) is 16.1 Å². The molecule has 1 amide bonds. The van der Waals surface area contributed by atoms with Crippen LogP contribution in [0.25, 0.3) is 0 Å². The Bertz CT molecular complexity index is 710. The first-order valence-corrected chi connectivity index (χ1v) is 6.59. The van der Waals surface area contributed by atoms with Crippen LogP contribution in [-0.2, 0) is 14.3 Å². The summed E-state index contributed by atoms with van der Waals surface area (Å²) in [5, 5.41) is 21.1. The van der Waals surface area contributed by atoms with Crippen molar-refractivity contribution in [1.82, 2.24) is 5.32 Å². The Morgan fingerprint density at radius 3 is 2.55 bits per heavy atom. The number of ether oxygens (including phenoxy) is 1. The number of methoxy groups -OCH3 is 1. The largest absolute Gasteiger partial charge is 0.465 e. The van der Waals surface area contributed by atoms with E-state index in [-0.39, 0.29) is 23.6 Å². The summed E-state index contributed by atoms with van der Waals surface area (Å²) in [6.07, 6.45) is 0.117. The second-order valence-electron chi connectivity index (χ2n) is 4.77. The number of amides is 1. The van der Waals surface area contributed by atoms with E-state index in [4.69, 9.17) is 5.26 Å². The molecule has 0 saturated carbocycles. The highest BCUT2D eigenvalue weighted by atomic mass is 16.5. The van der Waals surface area contributed by atoms with Crippen LogP contribution in [0.2, 0.25) is 0 Å². The summed E-state index contributed by atoms with van der Waals surface area (Å²) in [6, 6.07) is 12.9. The van der Waals surface area contributed by atoms with Crippen molar-refractivity contribution in [2.45, 2.75) is 12.3 Å². The summed E-state index contributed by atoms with van der Waals surface area (Å²) in [4.78, 5) is 23.6. The van der Waals surface area contributed by atoms with E-state index in [1.807, 2.05) is 30.3 Å². The van der Waals surface area contributed by atoms with Crippen molar-refractivity contribution in [2.24, 2.45) is 5.92 Å². The number of rotatable bonds is 2. The second kappa shape index (κ2) is 6.55. The first kappa shape index (κ1) is 15.3. The van der Waals surface area contributed by atoms with Crippen LogP contribution in [0.5, 0.6) is 0 Å². The Morgan fingerprint density at radius 2 is 2.00 bits per heavy atom. The summed E-state index contributed by atoms with van der Waals surface area (Å²) < 4.78 is 4.55. The maximum Gasteiger partial charge on any atom is 0.350 e. The van der Waals surface area contributed by atoms with Crippen LogP contribution < -0.4 is 5.32 Å². The van der Waals surface area contributed by atoms with Gasteiger partial charge in [0.25, 0.3) is 0 Å². The average Bonchev–Trinajstić information content (AvgIpc) is 2.55. The molecule has 2 rings (SSSR count). The Labute approximate surface area is 127 Å². The number of piperidine rings is 1. The molecule has 0 bridgehead atoms. The molecule has 2 atom stereocenters. The van der Waals surface area contributed by atoms with Crippen molar-refractivity contribution in [3.8, 4) is 12.1 Å². The van der Waals surface area contributed by atoms with Crippen LogP contribution >= 0.6 is 0 Å². The number of hydrogen-bond donors (Lipinski definition) is 1.